The normalized spacial score (nSPS) is 11.3. The number of hydrogen-bond donors (Lipinski definition) is 1. The number of nitrogens with zero attached hydrogens (tertiary/aromatic N) is 1. The average molecular weight is 359 g/mol. The Bertz CT molecular complexity index is 669. The van der Waals surface area contributed by atoms with Gasteiger partial charge < -0.3 is 5.32 Å². The second-order valence-corrected chi connectivity index (χ2v) is 5.20. The van der Waals surface area contributed by atoms with Crippen molar-refractivity contribution in [2.75, 3.05) is 5.32 Å². The number of amides is 1. The van der Waals surface area contributed by atoms with Crippen molar-refractivity contribution in [1.82, 2.24) is 4.98 Å². The fourth-order valence-electron chi connectivity index (χ4n) is 1.69. The van der Waals surface area contributed by atoms with Crippen molar-refractivity contribution in [3.63, 3.8) is 0 Å². The van der Waals surface area contributed by atoms with Gasteiger partial charge >= 0.3 is 6.18 Å². The van der Waals surface area contributed by atoms with Gasteiger partial charge in [0, 0.05) is 10.2 Å². The summed E-state index contributed by atoms with van der Waals surface area (Å²) in [4.78, 5) is 15.5. The van der Waals surface area contributed by atoms with Gasteiger partial charge in [-0.15, -0.1) is 0 Å². The highest BCUT2D eigenvalue weighted by Gasteiger charge is 2.33. The summed E-state index contributed by atoms with van der Waals surface area (Å²) in [5.74, 6) is -0.504. The number of aromatic nitrogens is 1. The summed E-state index contributed by atoms with van der Waals surface area (Å²) in [6.07, 6.45) is -4.52. The van der Waals surface area contributed by atoms with E-state index < -0.39 is 17.8 Å². The lowest BCUT2D eigenvalue weighted by molar-refractivity contribution is -0.141. The molecular weight excluding hydrogens is 349 g/mol. The van der Waals surface area contributed by atoms with Gasteiger partial charge in [0.15, 0.2) is 0 Å². The Balaban J connectivity index is 2.22. The molecule has 2 aromatic rings. The highest BCUT2D eigenvalue weighted by Crippen LogP contribution is 2.28. The van der Waals surface area contributed by atoms with E-state index in [9.17, 15) is 18.0 Å². The van der Waals surface area contributed by atoms with Crippen LogP contribution in [0.2, 0.25) is 0 Å². The summed E-state index contributed by atoms with van der Waals surface area (Å²) in [6, 6.07) is 8.76. The van der Waals surface area contributed by atoms with Crippen molar-refractivity contribution in [2.24, 2.45) is 0 Å². The molecule has 0 fully saturated rings. The van der Waals surface area contributed by atoms with Gasteiger partial charge in [-0.1, -0.05) is 15.9 Å². The number of nitrogens with one attached hydrogen (secondary N) is 1. The molecule has 0 aliphatic carbocycles. The van der Waals surface area contributed by atoms with Crippen LogP contribution in [0.5, 0.6) is 0 Å². The third-order valence-electron chi connectivity index (χ3n) is 2.72. The molecule has 1 amide bonds. The number of carbonyl (C=O) groups excluding carboxylic acids is 1. The van der Waals surface area contributed by atoms with Crippen molar-refractivity contribution in [2.45, 2.75) is 13.1 Å². The molecule has 0 spiro atoms. The number of benzene rings is 1. The van der Waals surface area contributed by atoms with Gasteiger partial charge in [-0.25, -0.2) is 4.98 Å². The number of carbonyl (C=O) groups is 1. The van der Waals surface area contributed by atoms with Crippen molar-refractivity contribution >= 4 is 27.5 Å². The monoisotopic (exact) mass is 358 g/mol. The molecule has 110 valence electrons. The maximum Gasteiger partial charge on any atom is 0.433 e. The molecule has 1 aromatic heterocycles. The van der Waals surface area contributed by atoms with E-state index in [0.29, 0.717) is 5.69 Å². The maximum absolute atomic E-state index is 12.5. The van der Waals surface area contributed by atoms with E-state index in [1.54, 1.807) is 24.3 Å². The van der Waals surface area contributed by atoms with Crippen LogP contribution in [-0.4, -0.2) is 10.9 Å². The summed E-state index contributed by atoms with van der Waals surface area (Å²) >= 11 is 3.27. The zero-order valence-electron chi connectivity index (χ0n) is 10.8. The Hall–Kier alpha value is -1.89. The molecule has 2 rings (SSSR count). The first-order chi connectivity index (χ1) is 9.77. The Kier molecular flexibility index (Phi) is 4.32. The van der Waals surface area contributed by atoms with E-state index in [0.717, 1.165) is 16.6 Å². The molecule has 1 aromatic carbocycles. The van der Waals surface area contributed by atoms with Crippen LogP contribution in [0.1, 0.15) is 21.7 Å². The summed E-state index contributed by atoms with van der Waals surface area (Å²) in [5.41, 5.74) is -0.340. The number of rotatable bonds is 2. The summed E-state index contributed by atoms with van der Waals surface area (Å²) < 4.78 is 38.4. The second kappa shape index (κ2) is 5.85. The van der Waals surface area contributed by atoms with Crippen molar-refractivity contribution < 1.29 is 18.0 Å². The SMILES string of the molecule is Cc1nc(C(F)(F)F)ccc1C(=O)Nc1ccc(Br)cc1. The molecule has 0 aliphatic rings. The largest absolute Gasteiger partial charge is 0.433 e. The highest BCUT2D eigenvalue weighted by atomic mass is 79.9. The maximum atomic E-state index is 12.5. The standard InChI is InChI=1S/C14H10BrF3N2O/c1-8-11(6-7-12(19-8)14(16,17)18)13(21)20-10-4-2-9(15)3-5-10/h2-7H,1H3,(H,20,21). The first-order valence-electron chi connectivity index (χ1n) is 5.89. The van der Waals surface area contributed by atoms with E-state index in [4.69, 9.17) is 0 Å². The zero-order chi connectivity index (χ0) is 15.6. The van der Waals surface area contributed by atoms with Gasteiger partial charge in [-0.3, -0.25) is 4.79 Å². The number of aryl methyl sites for hydroxylation is 1. The molecule has 21 heavy (non-hydrogen) atoms. The molecule has 0 saturated carbocycles. The molecular formula is C14H10BrF3N2O. The van der Waals surface area contributed by atoms with Crippen molar-refractivity contribution in [1.29, 1.82) is 0 Å². The van der Waals surface area contributed by atoms with E-state index in [1.165, 1.54) is 6.92 Å². The topological polar surface area (TPSA) is 42.0 Å². The number of alkyl halides is 3. The average Bonchev–Trinajstić information content (AvgIpc) is 2.40. The fourth-order valence-corrected chi connectivity index (χ4v) is 1.95. The number of hydrogen-bond acceptors (Lipinski definition) is 2. The smallest absolute Gasteiger partial charge is 0.322 e. The van der Waals surface area contributed by atoms with Crippen LogP contribution in [0.4, 0.5) is 18.9 Å². The minimum atomic E-state index is -4.52. The molecule has 1 N–H and O–H groups in total. The molecule has 3 nitrogen and oxygen atoms in total. The lowest BCUT2D eigenvalue weighted by atomic mass is 10.1. The minimum Gasteiger partial charge on any atom is -0.322 e. The summed E-state index contributed by atoms with van der Waals surface area (Å²) in [6.45, 7) is 1.37. The van der Waals surface area contributed by atoms with Crippen LogP contribution < -0.4 is 5.32 Å². The third kappa shape index (κ3) is 3.81. The van der Waals surface area contributed by atoms with Gasteiger partial charge in [0.1, 0.15) is 5.69 Å². The Morgan fingerprint density at radius 3 is 2.29 bits per heavy atom. The summed E-state index contributed by atoms with van der Waals surface area (Å²) in [7, 11) is 0. The fraction of sp³-hybridized carbons (Fsp3) is 0.143. The quantitative estimate of drug-likeness (QED) is 0.862. The van der Waals surface area contributed by atoms with Crippen LogP contribution in [-0.2, 0) is 6.18 Å². The van der Waals surface area contributed by atoms with Crippen LogP contribution in [0, 0.1) is 6.92 Å². The van der Waals surface area contributed by atoms with Crippen molar-refractivity contribution in [3.8, 4) is 0 Å². The zero-order valence-corrected chi connectivity index (χ0v) is 12.4. The van der Waals surface area contributed by atoms with Crippen LogP contribution in [0.15, 0.2) is 40.9 Å². The van der Waals surface area contributed by atoms with Gasteiger partial charge in [-0.05, 0) is 43.3 Å². The van der Waals surface area contributed by atoms with Gasteiger partial charge in [-0.2, -0.15) is 13.2 Å². The van der Waals surface area contributed by atoms with Crippen LogP contribution in [0.3, 0.4) is 0 Å². The molecule has 1 heterocycles. The van der Waals surface area contributed by atoms with Gasteiger partial charge in [0.2, 0.25) is 0 Å². The predicted octanol–water partition coefficient (Wildman–Crippen LogP) is 4.42. The van der Waals surface area contributed by atoms with Crippen molar-refractivity contribution in [3.05, 3.63) is 57.8 Å². The number of pyridine rings is 1. The van der Waals surface area contributed by atoms with Gasteiger partial charge in [0.25, 0.3) is 5.91 Å². The van der Waals surface area contributed by atoms with E-state index in [2.05, 4.69) is 26.2 Å². The van der Waals surface area contributed by atoms with Gasteiger partial charge in [0.05, 0.1) is 11.3 Å². The van der Waals surface area contributed by atoms with E-state index >= 15 is 0 Å². The van der Waals surface area contributed by atoms with E-state index in [-0.39, 0.29) is 11.3 Å². The lowest BCUT2D eigenvalue weighted by Crippen LogP contribution is -2.16. The number of anilines is 1. The van der Waals surface area contributed by atoms with E-state index in [1.807, 2.05) is 0 Å². The minimum absolute atomic E-state index is 0.0273. The first-order valence-corrected chi connectivity index (χ1v) is 6.68. The number of halogens is 4. The molecule has 0 bridgehead atoms. The molecule has 0 unspecified atom stereocenters. The summed E-state index contributed by atoms with van der Waals surface area (Å²) in [5, 5.41) is 2.60. The highest BCUT2D eigenvalue weighted by molar-refractivity contribution is 9.10. The Labute approximate surface area is 127 Å². The second-order valence-electron chi connectivity index (χ2n) is 4.29. The first kappa shape index (κ1) is 15.5. The third-order valence-corrected chi connectivity index (χ3v) is 3.25. The van der Waals surface area contributed by atoms with Crippen LogP contribution in [0.25, 0.3) is 0 Å². The molecule has 7 heteroatoms. The Morgan fingerprint density at radius 1 is 1.14 bits per heavy atom. The van der Waals surface area contributed by atoms with Crippen LogP contribution >= 0.6 is 15.9 Å². The molecule has 0 atom stereocenters. The molecule has 0 aliphatic heterocycles. The molecule has 0 saturated heterocycles. The molecule has 0 radical (unpaired) electrons. The Morgan fingerprint density at radius 2 is 1.76 bits per heavy atom. The predicted molar refractivity (Wildman–Crippen MR) is 76.1 cm³/mol. The lowest BCUT2D eigenvalue weighted by Gasteiger charge is -2.10.